The lowest BCUT2D eigenvalue weighted by molar-refractivity contribution is -0.139. The number of benzene rings is 1. The first-order chi connectivity index (χ1) is 8.47. The molecule has 2 rings (SSSR count). The van der Waals surface area contributed by atoms with Crippen molar-refractivity contribution in [3.63, 3.8) is 0 Å². The molecule has 0 saturated heterocycles. The fourth-order valence-corrected chi connectivity index (χ4v) is 1.91. The van der Waals surface area contributed by atoms with E-state index in [2.05, 4.69) is 10.3 Å². The molecule has 1 N–H and O–H groups in total. The Morgan fingerprint density at radius 2 is 2.06 bits per heavy atom. The van der Waals surface area contributed by atoms with Crippen LogP contribution in [0.15, 0.2) is 29.9 Å². The lowest BCUT2D eigenvalue weighted by atomic mass is 10.2. The van der Waals surface area contributed by atoms with Crippen LogP contribution >= 0.6 is 11.3 Å². The Morgan fingerprint density at radius 3 is 2.67 bits per heavy atom. The van der Waals surface area contributed by atoms with E-state index in [1.807, 2.05) is 0 Å². The molecule has 1 aromatic heterocycles. The van der Waals surface area contributed by atoms with Crippen molar-refractivity contribution >= 4 is 17.0 Å². The van der Waals surface area contributed by atoms with Crippen molar-refractivity contribution in [1.29, 1.82) is 0 Å². The molecule has 0 atom stereocenters. The van der Waals surface area contributed by atoms with Crippen LogP contribution in [0.4, 0.5) is 23.2 Å². The molecule has 0 aliphatic heterocycles. The van der Waals surface area contributed by atoms with Crippen LogP contribution in [0, 0.1) is 5.82 Å². The molecule has 18 heavy (non-hydrogen) atoms. The molecule has 0 amide bonds. The molecule has 0 aliphatic rings. The Bertz CT molecular complexity index is 522. The highest BCUT2D eigenvalue weighted by atomic mass is 32.1. The van der Waals surface area contributed by atoms with Gasteiger partial charge in [-0.25, -0.2) is 4.39 Å². The van der Waals surface area contributed by atoms with Gasteiger partial charge in [0.25, 0.3) is 0 Å². The maximum atomic E-state index is 13.0. The summed E-state index contributed by atoms with van der Waals surface area (Å²) in [5, 5.41) is 2.79. The van der Waals surface area contributed by atoms with Crippen molar-refractivity contribution in [2.75, 3.05) is 5.32 Å². The van der Waals surface area contributed by atoms with Gasteiger partial charge in [0.15, 0.2) is 0 Å². The molecule has 1 heterocycles. The minimum atomic E-state index is -4.69. The first-order valence-electron chi connectivity index (χ1n) is 4.95. The lowest BCUT2D eigenvalue weighted by Crippen LogP contribution is -2.09. The van der Waals surface area contributed by atoms with Gasteiger partial charge in [-0.05, 0) is 18.2 Å². The summed E-state index contributed by atoms with van der Waals surface area (Å²) in [7, 11) is 0. The van der Waals surface area contributed by atoms with Crippen molar-refractivity contribution in [3.8, 4) is 0 Å². The van der Waals surface area contributed by atoms with Crippen LogP contribution in [0.1, 0.15) is 10.4 Å². The molecule has 0 bridgehead atoms. The molecule has 1 aromatic carbocycles. The largest absolute Gasteiger partial charge is 0.419 e. The molecule has 0 spiro atoms. The highest BCUT2D eigenvalue weighted by Gasteiger charge is 2.34. The number of alkyl halides is 3. The first kappa shape index (κ1) is 12.8. The standard InChI is InChI=1S/C11H8F4N2S/c12-10-2-1-7(3-9(10)11(13,14)15)17-5-8-4-16-6-18-8/h1-4,6,17H,5H2. The summed E-state index contributed by atoms with van der Waals surface area (Å²) in [6, 6.07) is 2.83. The average molecular weight is 276 g/mol. The topological polar surface area (TPSA) is 24.9 Å². The van der Waals surface area contributed by atoms with Gasteiger partial charge in [-0.3, -0.25) is 4.98 Å². The molecule has 0 aliphatic carbocycles. The molecule has 96 valence electrons. The van der Waals surface area contributed by atoms with Gasteiger partial charge >= 0.3 is 6.18 Å². The van der Waals surface area contributed by atoms with Gasteiger partial charge in [0.1, 0.15) is 5.82 Å². The molecular formula is C11H8F4N2S. The minimum absolute atomic E-state index is 0.220. The van der Waals surface area contributed by atoms with E-state index in [-0.39, 0.29) is 5.69 Å². The molecule has 0 radical (unpaired) electrons. The summed E-state index contributed by atoms with van der Waals surface area (Å²) in [5.74, 6) is -1.27. The summed E-state index contributed by atoms with van der Waals surface area (Å²) < 4.78 is 50.4. The molecule has 0 fully saturated rings. The number of hydrogen-bond acceptors (Lipinski definition) is 3. The molecule has 2 nitrogen and oxygen atoms in total. The van der Waals surface area contributed by atoms with E-state index in [9.17, 15) is 17.6 Å². The van der Waals surface area contributed by atoms with Crippen molar-refractivity contribution in [2.45, 2.75) is 12.7 Å². The van der Waals surface area contributed by atoms with Crippen LogP contribution in [0.2, 0.25) is 0 Å². The monoisotopic (exact) mass is 276 g/mol. The SMILES string of the molecule is Fc1ccc(NCc2cncs2)cc1C(F)(F)F. The van der Waals surface area contributed by atoms with Crippen LogP contribution in [-0.2, 0) is 12.7 Å². The highest BCUT2D eigenvalue weighted by molar-refractivity contribution is 7.09. The van der Waals surface area contributed by atoms with Crippen LogP contribution in [0.3, 0.4) is 0 Å². The summed E-state index contributed by atoms with van der Waals surface area (Å²) in [6.45, 7) is 0.355. The molecule has 0 saturated carbocycles. The predicted molar refractivity (Wildman–Crippen MR) is 60.8 cm³/mol. The number of anilines is 1. The van der Waals surface area contributed by atoms with Gasteiger partial charge in [0, 0.05) is 16.8 Å². The van der Waals surface area contributed by atoms with Crippen LogP contribution in [0.5, 0.6) is 0 Å². The third-order valence-corrected chi connectivity index (χ3v) is 3.00. The van der Waals surface area contributed by atoms with Crippen LogP contribution in [-0.4, -0.2) is 4.98 Å². The smallest absolute Gasteiger partial charge is 0.380 e. The van der Waals surface area contributed by atoms with E-state index >= 15 is 0 Å². The van der Waals surface area contributed by atoms with Crippen molar-refractivity contribution in [3.05, 3.63) is 46.2 Å². The summed E-state index contributed by atoms with van der Waals surface area (Å²) in [4.78, 5) is 4.73. The van der Waals surface area contributed by atoms with E-state index in [1.54, 1.807) is 11.7 Å². The van der Waals surface area contributed by atoms with Crippen LogP contribution < -0.4 is 5.32 Å². The predicted octanol–water partition coefficient (Wildman–Crippen LogP) is 3.91. The van der Waals surface area contributed by atoms with Crippen molar-refractivity contribution in [2.24, 2.45) is 0 Å². The molecule has 0 unspecified atom stereocenters. The van der Waals surface area contributed by atoms with E-state index in [0.29, 0.717) is 6.54 Å². The van der Waals surface area contributed by atoms with Crippen LogP contribution in [0.25, 0.3) is 0 Å². The zero-order valence-electron chi connectivity index (χ0n) is 8.96. The molecule has 2 aromatic rings. The number of rotatable bonds is 3. The van der Waals surface area contributed by atoms with Crippen molar-refractivity contribution < 1.29 is 17.6 Å². The Kier molecular flexibility index (Phi) is 3.51. The summed E-state index contributed by atoms with van der Waals surface area (Å²) >= 11 is 1.39. The molecule has 7 heteroatoms. The fraction of sp³-hybridized carbons (Fsp3) is 0.182. The van der Waals surface area contributed by atoms with E-state index in [1.165, 1.54) is 17.4 Å². The third kappa shape index (κ3) is 2.98. The second kappa shape index (κ2) is 4.93. The maximum Gasteiger partial charge on any atom is 0.419 e. The summed E-state index contributed by atoms with van der Waals surface area (Å²) in [5.41, 5.74) is 0.581. The number of hydrogen-bond donors (Lipinski definition) is 1. The minimum Gasteiger partial charge on any atom is -0.380 e. The van der Waals surface area contributed by atoms with Crippen molar-refractivity contribution in [1.82, 2.24) is 4.98 Å². The zero-order chi connectivity index (χ0) is 13.2. The maximum absolute atomic E-state index is 13.0. The normalized spacial score (nSPS) is 11.6. The first-order valence-corrected chi connectivity index (χ1v) is 5.83. The number of aromatic nitrogens is 1. The molecular weight excluding hydrogens is 268 g/mol. The number of halogens is 4. The quantitative estimate of drug-likeness (QED) is 0.860. The van der Waals surface area contributed by atoms with Gasteiger partial charge in [-0.2, -0.15) is 13.2 Å². The average Bonchev–Trinajstić information content (AvgIpc) is 2.79. The second-order valence-corrected chi connectivity index (χ2v) is 4.48. The Morgan fingerprint density at radius 1 is 1.28 bits per heavy atom. The fourth-order valence-electron chi connectivity index (χ4n) is 1.37. The highest BCUT2D eigenvalue weighted by Crippen LogP contribution is 2.33. The summed E-state index contributed by atoms with van der Waals surface area (Å²) in [6.07, 6.45) is -3.07. The van der Waals surface area contributed by atoms with E-state index < -0.39 is 17.6 Å². The van der Waals surface area contributed by atoms with Gasteiger partial charge < -0.3 is 5.32 Å². The number of thiazole rings is 1. The second-order valence-electron chi connectivity index (χ2n) is 3.51. The van der Waals surface area contributed by atoms with E-state index in [4.69, 9.17) is 0 Å². The Balaban J connectivity index is 2.15. The Labute approximate surface area is 104 Å². The van der Waals surface area contributed by atoms with Gasteiger partial charge in [-0.1, -0.05) is 0 Å². The van der Waals surface area contributed by atoms with Gasteiger partial charge in [-0.15, -0.1) is 11.3 Å². The third-order valence-electron chi connectivity index (χ3n) is 2.22. The Hall–Kier alpha value is -1.63. The zero-order valence-corrected chi connectivity index (χ0v) is 9.78. The van der Waals surface area contributed by atoms with Gasteiger partial charge in [0.2, 0.25) is 0 Å². The number of nitrogens with zero attached hydrogens (tertiary/aromatic N) is 1. The lowest BCUT2D eigenvalue weighted by Gasteiger charge is -2.11. The van der Waals surface area contributed by atoms with E-state index in [0.717, 1.165) is 17.0 Å². The van der Waals surface area contributed by atoms with Gasteiger partial charge in [0.05, 0.1) is 17.6 Å². The number of nitrogens with one attached hydrogen (secondary N) is 1.